The van der Waals surface area contributed by atoms with E-state index in [0.717, 1.165) is 24.6 Å². The van der Waals surface area contributed by atoms with Crippen LogP contribution >= 0.6 is 0 Å². The minimum Gasteiger partial charge on any atom is -0.422 e. The molecule has 1 atom stereocenters. The Morgan fingerprint density at radius 3 is 2.70 bits per heavy atom. The summed E-state index contributed by atoms with van der Waals surface area (Å²) in [5.41, 5.74) is -0.0796. The van der Waals surface area contributed by atoms with Crippen molar-refractivity contribution in [1.82, 2.24) is 4.90 Å². The standard InChI is InChI=1S/C21H23NO5/c23-20(17-12-16-8-4-5-9-18(16)27-21(17)24)22(14-19-25-10-11-26-19)13-15-6-2-1-3-7-15/h1-2,4-5,8-9,12,15,19H,3,6-7,10-11,13-14H2/t15-/m0/s1. The maximum Gasteiger partial charge on any atom is 0.349 e. The monoisotopic (exact) mass is 369 g/mol. The van der Waals surface area contributed by atoms with Crippen LogP contribution in [0.1, 0.15) is 29.6 Å². The number of para-hydroxylation sites is 1. The van der Waals surface area contributed by atoms with Crippen LogP contribution in [0.2, 0.25) is 0 Å². The zero-order valence-electron chi connectivity index (χ0n) is 15.1. The molecule has 6 nitrogen and oxygen atoms in total. The molecule has 4 rings (SSSR count). The summed E-state index contributed by atoms with van der Waals surface area (Å²) >= 11 is 0. The number of benzene rings is 1. The molecule has 0 saturated carbocycles. The van der Waals surface area contributed by atoms with Crippen LogP contribution in [-0.4, -0.2) is 43.4 Å². The smallest absolute Gasteiger partial charge is 0.349 e. The highest BCUT2D eigenvalue weighted by molar-refractivity contribution is 5.96. The van der Waals surface area contributed by atoms with E-state index in [0.29, 0.717) is 37.8 Å². The first-order chi connectivity index (χ1) is 13.2. The number of allylic oxidation sites excluding steroid dienone is 2. The zero-order chi connectivity index (χ0) is 18.6. The van der Waals surface area contributed by atoms with Gasteiger partial charge in [-0.05, 0) is 37.3 Å². The Morgan fingerprint density at radius 2 is 1.93 bits per heavy atom. The van der Waals surface area contributed by atoms with Crippen LogP contribution in [0.4, 0.5) is 0 Å². The first-order valence-electron chi connectivity index (χ1n) is 9.41. The minimum absolute atomic E-state index is 0.0537. The number of carbonyl (C=O) groups excluding carboxylic acids is 1. The third-order valence-corrected chi connectivity index (χ3v) is 5.08. The molecule has 1 aromatic carbocycles. The van der Waals surface area contributed by atoms with Gasteiger partial charge >= 0.3 is 5.63 Å². The van der Waals surface area contributed by atoms with Gasteiger partial charge in [-0.1, -0.05) is 30.4 Å². The molecule has 1 fully saturated rings. The van der Waals surface area contributed by atoms with Crippen molar-refractivity contribution < 1.29 is 18.7 Å². The van der Waals surface area contributed by atoms with E-state index in [1.807, 2.05) is 12.1 Å². The van der Waals surface area contributed by atoms with E-state index < -0.39 is 11.9 Å². The highest BCUT2D eigenvalue weighted by Crippen LogP contribution is 2.22. The maximum absolute atomic E-state index is 13.2. The molecule has 27 heavy (non-hydrogen) atoms. The van der Waals surface area contributed by atoms with E-state index in [1.165, 1.54) is 0 Å². The molecule has 1 saturated heterocycles. The van der Waals surface area contributed by atoms with E-state index in [9.17, 15) is 9.59 Å². The lowest BCUT2D eigenvalue weighted by molar-refractivity contribution is -0.0590. The summed E-state index contributed by atoms with van der Waals surface area (Å²) in [6, 6.07) is 8.81. The maximum atomic E-state index is 13.2. The van der Waals surface area contributed by atoms with Crippen molar-refractivity contribution in [3.63, 3.8) is 0 Å². The van der Waals surface area contributed by atoms with Gasteiger partial charge in [0.2, 0.25) is 0 Å². The Bertz CT molecular complexity index is 897. The van der Waals surface area contributed by atoms with E-state index in [2.05, 4.69) is 12.2 Å². The van der Waals surface area contributed by atoms with Crippen LogP contribution < -0.4 is 5.63 Å². The largest absolute Gasteiger partial charge is 0.422 e. The molecule has 1 aliphatic heterocycles. The fourth-order valence-corrected chi connectivity index (χ4v) is 3.65. The quantitative estimate of drug-likeness (QED) is 0.599. The summed E-state index contributed by atoms with van der Waals surface area (Å²) in [7, 11) is 0. The van der Waals surface area contributed by atoms with Gasteiger partial charge in [0.1, 0.15) is 11.1 Å². The van der Waals surface area contributed by atoms with Crippen molar-refractivity contribution >= 4 is 16.9 Å². The molecule has 2 aliphatic rings. The van der Waals surface area contributed by atoms with E-state index in [4.69, 9.17) is 13.9 Å². The van der Waals surface area contributed by atoms with Gasteiger partial charge in [-0.25, -0.2) is 4.79 Å². The van der Waals surface area contributed by atoms with Gasteiger partial charge in [-0.3, -0.25) is 4.79 Å². The highest BCUT2D eigenvalue weighted by Gasteiger charge is 2.28. The average molecular weight is 369 g/mol. The van der Waals surface area contributed by atoms with Gasteiger partial charge in [-0.2, -0.15) is 0 Å². The number of fused-ring (bicyclic) bond motifs is 1. The van der Waals surface area contributed by atoms with Crippen molar-refractivity contribution in [2.45, 2.75) is 25.6 Å². The average Bonchev–Trinajstić information content (AvgIpc) is 3.20. The number of amides is 1. The summed E-state index contributed by atoms with van der Waals surface area (Å²) in [4.78, 5) is 27.3. The molecule has 0 unspecified atom stereocenters. The molecule has 142 valence electrons. The first-order valence-corrected chi connectivity index (χ1v) is 9.41. The topological polar surface area (TPSA) is 69.0 Å². The molecule has 2 aromatic rings. The predicted octanol–water partition coefficient (Wildman–Crippen LogP) is 2.96. The molecule has 1 amide bonds. The van der Waals surface area contributed by atoms with Gasteiger partial charge in [0, 0.05) is 11.9 Å². The second kappa shape index (κ2) is 8.06. The third kappa shape index (κ3) is 4.12. The van der Waals surface area contributed by atoms with Gasteiger partial charge in [0.25, 0.3) is 5.91 Å². The Balaban J connectivity index is 1.61. The van der Waals surface area contributed by atoms with Gasteiger partial charge in [-0.15, -0.1) is 0 Å². The predicted molar refractivity (Wildman–Crippen MR) is 101 cm³/mol. The molecular formula is C21H23NO5. The van der Waals surface area contributed by atoms with Crippen molar-refractivity contribution in [3.05, 3.63) is 58.5 Å². The summed E-state index contributed by atoms with van der Waals surface area (Å²) in [5, 5.41) is 0.731. The molecular weight excluding hydrogens is 346 g/mol. The van der Waals surface area contributed by atoms with E-state index in [1.54, 1.807) is 23.1 Å². The highest BCUT2D eigenvalue weighted by atomic mass is 16.7. The molecule has 0 spiro atoms. The molecule has 6 heteroatoms. The van der Waals surface area contributed by atoms with Crippen LogP contribution in [0.5, 0.6) is 0 Å². The van der Waals surface area contributed by atoms with Crippen molar-refractivity contribution in [1.29, 1.82) is 0 Å². The number of carbonyl (C=O) groups is 1. The fraction of sp³-hybridized carbons (Fsp3) is 0.429. The summed E-state index contributed by atoms with van der Waals surface area (Å²) in [6.45, 7) is 1.93. The second-order valence-corrected chi connectivity index (χ2v) is 7.02. The van der Waals surface area contributed by atoms with Crippen LogP contribution in [0, 0.1) is 5.92 Å². The Kier molecular flexibility index (Phi) is 5.36. The number of rotatable bonds is 5. The summed E-state index contributed by atoms with van der Waals surface area (Å²) < 4.78 is 16.4. The SMILES string of the molecule is O=C(c1cc2ccccc2oc1=O)N(CC1OCCO1)C[C@H]1CC=CCC1. The number of nitrogens with zero attached hydrogens (tertiary/aromatic N) is 1. The Morgan fingerprint density at radius 1 is 1.11 bits per heavy atom. The lowest BCUT2D eigenvalue weighted by Gasteiger charge is -2.29. The summed E-state index contributed by atoms with van der Waals surface area (Å²) in [5.74, 6) is 0.0380. The molecule has 0 radical (unpaired) electrons. The van der Waals surface area contributed by atoms with E-state index in [-0.39, 0.29) is 11.5 Å². The lowest BCUT2D eigenvalue weighted by Crippen LogP contribution is -2.42. The van der Waals surface area contributed by atoms with Crippen molar-refractivity contribution in [2.75, 3.05) is 26.3 Å². The van der Waals surface area contributed by atoms with Crippen molar-refractivity contribution in [2.24, 2.45) is 5.92 Å². The molecule has 0 N–H and O–H groups in total. The van der Waals surface area contributed by atoms with Crippen LogP contribution in [0.15, 0.2) is 51.7 Å². The van der Waals surface area contributed by atoms with Gasteiger partial charge in [0.05, 0.1) is 19.8 Å². The Hall–Kier alpha value is -2.44. The summed E-state index contributed by atoms with van der Waals surface area (Å²) in [6.07, 6.45) is 6.86. The van der Waals surface area contributed by atoms with Crippen molar-refractivity contribution in [3.8, 4) is 0 Å². The molecule has 0 bridgehead atoms. The normalized spacial score (nSPS) is 20.2. The second-order valence-electron chi connectivity index (χ2n) is 7.02. The van der Waals surface area contributed by atoms with E-state index >= 15 is 0 Å². The number of hydrogen-bond acceptors (Lipinski definition) is 5. The first kappa shape index (κ1) is 17.9. The third-order valence-electron chi connectivity index (χ3n) is 5.08. The molecule has 2 heterocycles. The zero-order valence-corrected chi connectivity index (χ0v) is 15.1. The Labute approximate surface area is 157 Å². The number of ether oxygens (including phenoxy) is 2. The van der Waals surface area contributed by atoms with Gasteiger partial charge in [0.15, 0.2) is 6.29 Å². The number of hydrogen-bond donors (Lipinski definition) is 0. The lowest BCUT2D eigenvalue weighted by atomic mass is 9.93. The van der Waals surface area contributed by atoms with Crippen LogP contribution in [-0.2, 0) is 9.47 Å². The van der Waals surface area contributed by atoms with Crippen LogP contribution in [0.3, 0.4) is 0 Å². The molecule has 1 aliphatic carbocycles. The van der Waals surface area contributed by atoms with Crippen LogP contribution in [0.25, 0.3) is 11.0 Å². The molecule has 1 aromatic heterocycles. The fourth-order valence-electron chi connectivity index (χ4n) is 3.65. The minimum atomic E-state index is -0.611. The van der Waals surface area contributed by atoms with Gasteiger partial charge < -0.3 is 18.8 Å².